The van der Waals surface area contributed by atoms with E-state index in [2.05, 4.69) is 52.5 Å². The maximum absolute atomic E-state index is 14.5. The normalized spacial score (nSPS) is 14.4. The van der Waals surface area contributed by atoms with Crippen molar-refractivity contribution in [2.24, 2.45) is 11.8 Å². The number of aromatic nitrogens is 8. The van der Waals surface area contributed by atoms with Crippen molar-refractivity contribution < 1.29 is 19.5 Å². The van der Waals surface area contributed by atoms with E-state index in [-0.39, 0.29) is 70.1 Å². The molecule has 23 heteroatoms. The van der Waals surface area contributed by atoms with E-state index in [0.717, 1.165) is 50.1 Å². The molecule has 0 aliphatic carbocycles. The highest BCUT2D eigenvalue weighted by molar-refractivity contribution is 5.93. The summed E-state index contributed by atoms with van der Waals surface area (Å²) in [7, 11) is 1.41. The predicted octanol–water partition coefficient (Wildman–Crippen LogP) is 7.89. The van der Waals surface area contributed by atoms with Gasteiger partial charge in [-0.2, -0.15) is 20.5 Å². The fraction of sp³-hybridized carbons (Fsp3) is 0.344. The Morgan fingerprint density at radius 2 is 1.02 bits per heavy atom. The molecule has 2 atom stereocenters. The number of ether oxygens (including phenoxy) is 1. The Labute approximate surface area is 485 Å². The molecular weight excluding hydrogens is 1070 g/mol. The lowest BCUT2D eigenvalue weighted by atomic mass is 9.93. The Kier molecular flexibility index (Phi) is 18.3. The summed E-state index contributed by atoms with van der Waals surface area (Å²) in [5.74, 6) is 1.48. The number of carbonyl (C=O) groups excluding carboxylic acids is 2. The zero-order valence-electron chi connectivity index (χ0n) is 47.5. The first kappa shape index (κ1) is 58.6. The van der Waals surface area contributed by atoms with Gasteiger partial charge in [-0.25, -0.2) is 25.4 Å². The molecule has 6 heterocycles. The summed E-state index contributed by atoms with van der Waals surface area (Å²) in [5.41, 5.74) is 18.7. The minimum Gasteiger partial charge on any atom is -0.469 e. The van der Waals surface area contributed by atoms with Crippen molar-refractivity contribution >= 4 is 68.6 Å². The van der Waals surface area contributed by atoms with Crippen LogP contribution in [-0.2, 0) is 14.3 Å². The third-order valence-electron chi connectivity index (χ3n) is 15.5. The number of hydrogen-bond acceptors (Lipinski definition) is 20. The van der Waals surface area contributed by atoms with Crippen LogP contribution < -0.4 is 48.5 Å². The third-order valence-corrected chi connectivity index (χ3v) is 15.5. The maximum atomic E-state index is 14.5. The number of piperidine rings is 2. The number of para-hydroxylation sites is 2. The first-order valence-electron chi connectivity index (χ1n) is 28.0. The number of benzene rings is 4. The first-order valence-corrected chi connectivity index (χ1v) is 28.0. The fourth-order valence-corrected chi connectivity index (χ4v) is 11.2. The highest BCUT2D eigenvalue weighted by atomic mass is 16.5. The van der Waals surface area contributed by atoms with Crippen LogP contribution >= 0.6 is 0 Å². The van der Waals surface area contributed by atoms with Crippen molar-refractivity contribution in [2.75, 3.05) is 65.2 Å². The summed E-state index contributed by atoms with van der Waals surface area (Å²) in [5, 5.41) is 36.1. The van der Waals surface area contributed by atoms with Crippen LogP contribution in [0.4, 0.5) is 34.9 Å². The molecule has 4 aromatic heterocycles. The number of methoxy groups -OCH3 is 1. The Morgan fingerprint density at radius 3 is 1.39 bits per heavy atom. The number of rotatable bonds is 16. The molecule has 2 fully saturated rings. The number of nitriles is 2. The van der Waals surface area contributed by atoms with Crippen molar-refractivity contribution in [1.82, 2.24) is 44.5 Å². The second-order valence-corrected chi connectivity index (χ2v) is 20.8. The smallest absolute Gasteiger partial charge is 0.305 e. The van der Waals surface area contributed by atoms with Gasteiger partial charge >= 0.3 is 5.97 Å². The maximum Gasteiger partial charge on any atom is 0.305 e. The van der Waals surface area contributed by atoms with Gasteiger partial charge in [0, 0.05) is 39.0 Å². The molecule has 10 rings (SSSR count). The van der Waals surface area contributed by atoms with Crippen LogP contribution in [0.25, 0.3) is 33.2 Å². The highest BCUT2D eigenvalue weighted by Crippen LogP contribution is 2.35. The zero-order chi connectivity index (χ0) is 59.6. The van der Waals surface area contributed by atoms with E-state index >= 15 is 0 Å². The van der Waals surface area contributed by atoms with Crippen LogP contribution in [-0.4, -0.2) is 89.4 Å². The SMILES string of the molecule is CC[C@H](Nc1nc(N)nc(C)c1C#N)c1nc2cccc(N3CCC(CC(=O)NO)CC3)c2c(=O)n1-c1ccccc1.CC[C@H](Nc1nc(N)nc(C)c1C#N)c1nc2cccc(N3CCC(CC(=O)OC)CC3)c2c(=O)n1-c1ccccc1. The lowest BCUT2D eigenvalue weighted by molar-refractivity contribution is -0.141. The van der Waals surface area contributed by atoms with Gasteiger partial charge in [-0.1, -0.05) is 62.4 Å². The molecule has 8 N–H and O–H groups in total. The standard InChI is InChI=1S/C31H34N8O3.C30H33N9O3/c1-4-23(35-28-22(18-32)19(2)34-31(33)37-28)29-36-24-11-8-12-25(38-15-13-20(14-16-38)17-26(40)42-3)27(24)30(41)39(29)21-9-6-5-7-10-21;1-3-22(34-27-21(17-31)18(2)33-30(32)36-27)28-35-23-10-7-11-24(38-14-12-19(13-15-38)16-25(40)37-42)26(23)29(41)39(28)20-8-5-4-6-9-20/h5-12,20,23H,4,13-17H2,1-3H3,(H3,33,34,35,37);4-11,19,22,42H,3,12-16H2,1-2H3,(H,37,40)(H3,32,33,34,36)/t23-;22-/m00/s1. The number of nitrogens with one attached hydrogen (secondary N) is 3. The van der Waals surface area contributed by atoms with Crippen LogP contribution in [0.1, 0.15) is 111 Å². The molecule has 84 heavy (non-hydrogen) atoms. The largest absolute Gasteiger partial charge is 0.469 e. The number of anilines is 6. The van der Waals surface area contributed by atoms with Crippen molar-refractivity contribution in [1.29, 1.82) is 10.5 Å². The highest BCUT2D eigenvalue weighted by Gasteiger charge is 2.30. The number of hydroxylamine groups is 1. The molecule has 432 valence electrons. The average Bonchev–Trinajstić information content (AvgIpc) is 3.02. The van der Waals surface area contributed by atoms with Gasteiger partial charge < -0.3 is 36.6 Å². The lowest BCUT2D eigenvalue weighted by Gasteiger charge is -2.34. The predicted molar refractivity (Wildman–Crippen MR) is 321 cm³/mol. The number of nitrogens with zero attached hydrogens (tertiary/aromatic N) is 12. The molecular formula is C61H67N17O6. The zero-order valence-corrected chi connectivity index (χ0v) is 47.5. The molecule has 0 bridgehead atoms. The monoisotopic (exact) mass is 1130 g/mol. The van der Waals surface area contributed by atoms with Crippen LogP contribution in [0.3, 0.4) is 0 Å². The van der Waals surface area contributed by atoms with Gasteiger partial charge in [0.15, 0.2) is 0 Å². The molecule has 8 aromatic rings. The van der Waals surface area contributed by atoms with Crippen LogP contribution in [0.15, 0.2) is 107 Å². The van der Waals surface area contributed by atoms with Gasteiger partial charge in [0.05, 0.1) is 75.1 Å². The summed E-state index contributed by atoms with van der Waals surface area (Å²) in [6.45, 7) is 10.1. The number of nitrogen functional groups attached to an aromatic ring is 2. The molecule has 0 radical (unpaired) electrons. The number of carbonyl (C=O) groups is 2. The van der Waals surface area contributed by atoms with Crippen LogP contribution in [0, 0.1) is 48.3 Å². The number of amides is 1. The van der Waals surface area contributed by atoms with Crippen molar-refractivity contribution in [2.45, 2.75) is 91.1 Å². The van der Waals surface area contributed by atoms with Gasteiger partial charge in [0.1, 0.15) is 46.5 Å². The quantitative estimate of drug-likeness (QED) is 0.0304. The Bertz CT molecular complexity index is 3670. The molecule has 0 saturated carbocycles. The second kappa shape index (κ2) is 26.3. The van der Waals surface area contributed by atoms with Crippen molar-refractivity contribution in [3.63, 3.8) is 0 Å². The van der Waals surface area contributed by atoms with E-state index in [4.69, 9.17) is 31.4 Å². The number of hydrogen-bond donors (Lipinski definition) is 6. The van der Waals surface area contributed by atoms with Gasteiger partial charge in [-0.15, -0.1) is 0 Å². The van der Waals surface area contributed by atoms with E-state index in [0.29, 0.717) is 94.4 Å². The van der Waals surface area contributed by atoms with E-state index in [1.165, 1.54) is 7.11 Å². The second-order valence-electron chi connectivity index (χ2n) is 20.8. The molecule has 1 amide bonds. The number of nitrogens with two attached hydrogens (primary N) is 2. The van der Waals surface area contributed by atoms with E-state index in [1.54, 1.807) is 28.5 Å². The summed E-state index contributed by atoms with van der Waals surface area (Å²) >= 11 is 0. The van der Waals surface area contributed by atoms with Gasteiger partial charge in [-0.05, 0) is 113 Å². The Morgan fingerprint density at radius 1 is 0.619 bits per heavy atom. The van der Waals surface area contributed by atoms with E-state index in [1.807, 2.05) is 111 Å². The summed E-state index contributed by atoms with van der Waals surface area (Å²) in [6.07, 6.45) is 4.92. The average molecular weight is 1130 g/mol. The van der Waals surface area contributed by atoms with Crippen LogP contribution in [0.5, 0.6) is 0 Å². The van der Waals surface area contributed by atoms with E-state index in [9.17, 15) is 29.7 Å². The molecule has 0 spiro atoms. The first-order chi connectivity index (χ1) is 40.7. The van der Waals surface area contributed by atoms with E-state index < -0.39 is 12.1 Å². The number of aryl methyl sites for hydroxylation is 2. The number of fused-ring (bicyclic) bond motifs is 2. The van der Waals surface area contributed by atoms with Gasteiger partial charge in [0.25, 0.3) is 11.1 Å². The van der Waals surface area contributed by atoms with Crippen molar-refractivity contribution in [3.8, 4) is 23.5 Å². The summed E-state index contributed by atoms with van der Waals surface area (Å²) in [6, 6.07) is 33.5. The molecule has 0 unspecified atom stereocenters. The lowest BCUT2D eigenvalue weighted by Crippen LogP contribution is -2.37. The molecule has 23 nitrogen and oxygen atoms in total. The fourth-order valence-electron chi connectivity index (χ4n) is 11.2. The summed E-state index contributed by atoms with van der Waals surface area (Å²) < 4.78 is 8.11. The third kappa shape index (κ3) is 12.6. The minimum atomic E-state index is -0.486. The molecule has 2 aliphatic heterocycles. The van der Waals surface area contributed by atoms with Crippen molar-refractivity contribution in [3.05, 3.63) is 152 Å². The Balaban J connectivity index is 0.000000202. The molecule has 2 saturated heterocycles. The topological polar surface area (TPSA) is 327 Å². The van der Waals surface area contributed by atoms with Gasteiger partial charge in [0.2, 0.25) is 17.8 Å². The van der Waals surface area contributed by atoms with Gasteiger partial charge in [-0.3, -0.25) is 33.5 Å². The van der Waals surface area contributed by atoms with Crippen LogP contribution in [0.2, 0.25) is 0 Å². The number of esters is 1. The minimum absolute atomic E-state index is 0.0428. The Hall–Kier alpha value is -10.0. The molecule has 2 aliphatic rings. The molecule has 4 aromatic carbocycles. The summed E-state index contributed by atoms with van der Waals surface area (Å²) in [4.78, 5) is 83.6.